The fourth-order valence-electron chi connectivity index (χ4n) is 1.54. The Bertz CT molecular complexity index is 436. The molecule has 2 rings (SSSR count). The van der Waals surface area contributed by atoms with Gasteiger partial charge in [0, 0.05) is 18.1 Å². The van der Waals surface area contributed by atoms with Gasteiger partial charge in [-0.2, -0.15) is 4.91 Å². The van der Waals surface area contributed by atoms with Crippen LogP contribution in [0.3, 0.4) is 0 Å². The molecule has 0 saturated heterocycles. The molecular formula is C10H11N3O. The van der Waals surface area contributed by atoms with Gasteiger partial charge >= 0.3 is 0 Å². The molecule has 14 heavy (non-hydrogen) atoms. The number of hydrogen-bond donors (Lipinski definition) is 0. The SMILES string of the molecule is O=NCCCc1cccc2nccn12. The fourth-order valence-corrected chi connectivity index (χ4v) is 1.54. The monoisotopic (exact) mass is 189 g/mol. The first-order valence-corrected chi connectivity index (χ1v) is 4.62. The Kier molecular flexibility index (Phi) is 2.53. The topological polar surface area (TPSA) is 46.7 Å². The molecule has 0 fully saturated rings. The molecule has 4 heteroatoms. The molecule has 0 aliphatic rings. The molecule has 0 atom stereocenters. The molecule has 0 radical (unpaired) electrons. The summed E-state index contributed by atoms with van der Waals surface area (Å²) in [4.78, 5) is 14.1. The smallest absolute Gasteiger partial charge is 0.136 e. The van der Waals surface area contributed by atoms with Gasteiger partial charge in [0.05, 0.1) is 6.54 Å². The average molecular weight is 189 g/mol. The van der Waals surface area contributed by atoms with Gasteiger partial charge < -0.3 is 4.40 Å². The minimum atomic E-state index is 0.380. The van der Waals surface area contributed by atoms with Crippen LogP contribution in [-0.2, 0) is 6.42 Å². The molecule has 0 bridgehead atoms. The van der Waals surface area contributed by atoms with Gasteiger partial charge in [0.2, 0.25) is 0 Å². The lowest BCUT2D eigenvalue weighted by Gasteiger charge is -2.02. The molecule has 0 aromatic carbocycles. The van der Waals surface area contributed by atoms with Crippen LogP contribution in [0.15, 0.2) is 35.8 Å². The van der Waals surface area contributed by atoms with Crippen LogP contribution in [0.2, 0.25) is 0 Å². The van der Waals surface area contributed by atoms with E-state index in [1.807, 2.05) is 28.8 Å². The molecule has 4 nitrogen and oxygen atoms in total. The molecule has 2 aromatic heterocycles. The molecule has 0 saturated carbocycles. The maximum atomic E-state index is 9.94. The Morgan fingerprint density at radius 3 is 3.21 bits per heavy atom. The lowest BCUT2D eigenvalue weighted by Crippen LogP contribution is -1.96. The van der Waals surface area contributed by atoms with Crippen molar-refractivity contribution < 1.29 is 0 Å². The van der Waals surface area contributed by atoms with Crippen LogP contribution in [0, 0.1) is 4.91 Å². The molecule has 2 heterocycles. The highest BCUT2D eigenvalue weighted by Crippen LogP contribution is 2.07. The molecular weight excluding hydrogens is 178 g/mol. The Hall–Kier alpha value is -1.71. The highest BCUT2D eigenvalue weighted by atomic mass is 16.3. The van der Waals surface area contributed by atoms with Gasteiger partial charge in [-0.05, 0) is 25.0 Å². The van der Waals surface area contributed by atoms with E-state index in [0.717, 1.165) is 18.5 Å². The first kappa shape index (κ1) is 8.87. The number of imidazole rings is 1. The number of aromatic nitrogens is 2. The zero-order valence-electron chi connectivity index (χ0n) is 7.76. The van der Waals surface area contributed by atoms with Crippen LogP contribution < -0.4 is 0 Å². The molecule has 72 valence electrons. The largest absolute Gasteiger partial charge is 0.304 e. The lowest BCUT2D eigenvalue weighted by molar-refractivity contribution is 0.796. The predicted molar refractivity (Wildman–Crippen MR) is 54.2 cm³/mol. The summed E-state index contributed by atoms with van der Waals surface area (Å²) in [5, 5.41) is 2.84. The number of rotatable bonds is 4. The summed E-state index contributed by atoms with van der Waals surface area (Å²) in [5.41, 5.74) is 2.12. The number of hydrogen-bond acceptors (Lipinski definition) is 3. The standard InChI is InChI=1S/C10H11N3O/c14-12-6-2-4-9-3-1-5-10-11-7-8-13(9)10/h1,3,5,7-8H,2,4,6H2. The first-order chi connectivity index (χ1) is 6.92. The van der Waals surface area contributed by atoms with Gasteiger partial charge in [-0.1, -0.05) is 11.2 Å². The third-order valence-corrected chi connectivity index (χ3v) is 2.20. The second-order valence-electron chi connectivity index (χ2n) is 3.13. The van der Waals surface area contributed by atoms with Crippen molar-refractivity contribution in [1.29, 1.82) is 0 Å². The normalized spacial score (nSPS) is 10.6. The van der Waals surface area contributed by atoms with E-state index in [-0.39, 0.29) is 0 Å². The lowest BCUT2D eigenvalue weighted by atomic mass is 10.2. The van der Waals surface area contributed by atoms with Crippen molar-refractivity contribution in [2.24, 2.45) is 5.18 Å². The summed E-state index contributed by atoms with van der Waals surface area (Å²) >= 11 is 0. The zero-order valence-corrected chi connectivity index (χ0v) is 7.76. The van der Waals surface area contributed by atoms with Gasteiger partial charge in [-0.25, -0.2) is 4.98 Å². The summed E-state index contributed by atoms with van der Waals surface area (Å²) in [6.45, 7) is 0.380. The molecule has 0 aliphatic carbocycles. The predicted octanol–water partition coefficient (Wildman–Crippen LogP) is 2.03. The van der Waals surface area contributed by atoms with Gasteiger partial charge in [0.1, 0.15) is 5.65 Å². The summed E-state index contributed by atoms with van der Waals surface area (Å²) in [6, 6.07) is 5.98. The van der Waals surface area contributed by atoms with Crippen molar-refractivity contribution in [3.05, 3.63) is 41.2 Å². The van der Waals surface area contributed by atoms with Crippen molar-refractivity contribution in [3.8, 4) is 0 Å². The molecule has 2 aromatic rings. The Morgan fingerprint density at radius 1 is 1.43 bits per heavy atom. The van der Waals surface area contributed by atoms with E-state index in [1.54, 1.807) is 6.20 Å². The van der Waals surface area contributed by atoms with Crippen molar-refractivity contribution in [2.75, 3.05) is 6.54 Å². The summed E-state index contributed by atoms with van der Waals surface area (Å²) in [7, 11) is 0. The Morgan fingerprint density at radius 2 is 2.36 bits per heavy atom. The summed E-state index contributed by atoms with van der Waals surface area (Å²) < 4.78 is 2.03. The molecule has 0 unspecified atom stereocenters. The number of pyridine rings is 1. The van der Waals surface area contributed by atoms with Crippen molar-refractivity contribution >= 4 is 5.65 Å². The van der Waals surface area contributed by atoms with E-state index in [1.165, 1.54) is 5.69 Å². The molecule has 0 N–H and O–H groups in total. The maximum Gasteiger partial charge on any atom is 0.136 e. The summed E-state index contributed by atoms with van der Waals surface area (Å²) in [6.07, 6.45) is 5.36. The van der Waals surface area contributed by atoms with Crippen LogP contribution in [0.25, 0.3) is 5.65 Å². The van der Waals surface area contributed by atoms with E-state index in [2.05, 4.69) is 10.2 Å². The van der Waals surface area contributed by atoms with Crippen LogP contribution >= 0.6 is 0 Å². The van der Waals surface area contributed by atoms with Gasteiger partial charge in [0.15, 0.2) is 0 Å². The van der Waals surface area contributed by atoms with Crippen LogP contribution in [-0.4, -0.2) is 15.9 Å². The van der Waals surface area contributed by atoms with Crippen molar-refractivity contribution in [1.82, 2.24) is 9.38 Å². The van der Waals surface area contributed by atoms with E-state index in [0.29, 0.717) is 6.54 Å². The van der Waals surface area contributed by atoms with Crippen LogP contribution in [0.1, 0.15) is 12.1 Å². The molecule has 0 amide bonds. The van der Waals surface area contributed by atoms with Crippen LogP contribution in [0.4, 0.5) is 0 Å². The van der Waals surface area contributed by atoms with E-state index in [9.17, 15) is 4.91 Å². The Balaban J connectivity index is 2.23. The number of aryl methyl sites for hydroxylation is 1. The van der Waals surface area contributed by atoms with Gasteiger partial charge in [-0.3, -0.25) is 0 Å². The third-order valence-electron chi connectivity index (χ3n) is 2.20. The fraction of sp³-hybridized carbons (Fsp3) is 0.300. The quantitative estimate of drug-likeness (QED) is 0.545. The number of fused-ring (bicyclic) bond motifs is 1. The van der Waals surface area contributed by atoms with Gasteiger partial charge in [0.25, 0.3) is 0 Å². The Labute approximate surface area is 81.6 Å². The average Bonchev–Trinajstić information content (AvgIpc) is 2.67. The number of nitroso groups, excluding NO2 is 1. The number of nitrogens with zero attached hydrogens (tertiary/aromatic N) is 3. The molecule has 0 aliphatic heterocycles. The van der Waals surface area contributed by atoms with Crippen molar-refractivity contribution in [3.63, 3.8) is 0 Å². The highest BCUT2D eigenvalue weighted by Gasteiger charge is 1.99. The van der Waals surface area contributed by atoms with Crippen LogP contribution in [0.5, 0.6) is 0 Å². The van der Waals surface area contributed by atoms with E-state index < -0.39 is 0 Å². The maximum absolute atomic E-state index is 9.94. The zero-order chi connectivity index (χ0) is 9.80. The summed E-state index contributed by atoms with van der Waals surface area (Å²) in [5.74, 6) is 0. The minimum Gasteiger partial charge on any atom is -0.304 e. The van der Waals surface area contributed by atoms with Gasteiger partial charge in [-0.15, -0.1) is 0 Å². The highest BCUT2D eigenvalue weighted by molar-refractivity contribution is 5.39. The van der Waals surface area contributed by atoms with Crippen molar-refractivity contribution in [2.45, 2.75) is 12.8 Å². The van der Waals surface area contributed by atoms with E-state index >= 15 is 0 Å². The first-order valence-electron chi connectivity index (χ1n) is 4.62. The third kappa shape index (κ3) is 1.64. The molecule has 0 spiro atoms. The second-order valence-corrected chi connectivity index (χ2v) is 3.13. The second kappa shape index (κ2) is 4.00. The van der Waals surface area contributed by atoms with E-state index in [4.69, 9.17) is 0 Å². The minimum absolute atomic E-state index is 0.380.